The van der Waals surface area contributed by atoms with Crippen LogP contribution < -0.4 is 10.5 Å². The first kappa shape index (κ1) is 12.5. The van der Waals surface area contributed by atoms with Gasteiger partial charge in [0.25, 0.3) is 0 Å². The zero-order valence-corrected chi connectivity index (χ0v) is 9.75. The number of nitrogen functional groups attached to an aromatic ring is 1. The molecule has 3 N–H and O–H groups in total. The molecule has 0 saturated heterocycles. The number of hydrogen-bond acceptors (Lipinski definition) is 4. The van der Waals surface area contributed by atoms with E-state index in [1.165, 1.54) is 6.92 Å². The lowest BCUT2D eigenvalue weighted by molar-refractivity contribution is -0.117. The second-order valence-corrected chi connectivity index (χ2v) is 5.31. The molecule has 0 aliphatic heterocycles. The van der Waals surface area contributed by atoms with Crippen LogP contribution in [-0.2, 0) is 21.2 Å². The lowest BCUT2D eigenvalue weighted by Crippen LogP contribution is -2.31. The Morgan fingerprint density at radius 2 is 1.88 bits per heavy atom. The van der Waals surface area contributed by atoms with Gasteiger partial charge in [0, 0.05) is 12.6 Å². The molecule has 0 atom stereocenters. The summed E-state index contributed by atoms with van der Waals surface area (Å²) >= 11 is 0. The first-order valence-electron chi connectivity index (χ1n) is 4.74. The van der Waals surface area contributed by atoms with E-state index < -0.39 is 15.9 Å². The smallest absolute Gasteiger partial charge is 0.235 e. The molecule has 0 fully saturated rings. The number of aryl methyl sites for hydroxylation is 1. The van der Waals surface area contributed by atoms with Gasteiger partial charge < -0.3 is 5.73 Å². The first-order chi connectivity index (χ1) is 7.39. The third kappa shape index (κ3) is 4.31. The molecular weight excluding hydrogens is 228 g/mol. The fourth-order valence-electron chi connectivity index (χ4n) is 1.21. The van der Waals surface area contributed by atoms with E-state index in [0.717, 1.165) is 5.56 Å². The summed E-state index contributed by atoms with van der Waals surface area (Å²) in [5.41, 5.74) is 7.00. The van der Waals surface area contributed by atoms with E-state index in [-0.39, 0.29) is 5.75 Å². The Morgan fingerprint density at radius 3 is 2.38 bits per heavy atom. The second kappa shape index (κ2) is 4.98. The standard InChI is InChI=1S/C10H14N2O3S/c1-8(13)12-16(14,15)7-6-9-2-4-10(11)5-3-9/h2-5H,6-7,11H2,1H3,(H,12,13). The Hall–Kier alpha value is -1.56. The van der Waals surface area contributed by atoms with E-state index in [1.807, 2.05) is 4.72 Å². The van der Waals surface area contributed by atoms with Crippen molar-refractivity contribution in [3.05, 3.63) is 29.8 Å². The van der Waals surface area contributed by atoms with Crippen LogP contribution in [0.25, 0.3) is 0 Å². The highest BCUT2D eigenvalue weighted by Gasteiger charge is 2.11. The van der Waals surface area contributed by atoms with Crippen molar-refractivity contribution in [2.75, 3.05) is 11.5 Å². The third-order valence-electron chi connectivity index (χ3n) is 1.94. The average Bonchev–Trinajstić information content (AvgIpc) is 2.15. The topological polar surface area (TPSA) is 89.3 Å². The highest BCUT2D eigenvalue weighted by molar-refractivity contribution is 7.90. The molecule has 6 heteroatoms. The molecule has 1 aromatic rings. The largest absolute Gasteiger partial charge is 0.399 e. The number of amides is 1. The molecule has 1 amide bonds. The van der Waals surface area contributed by atoms with Crippen molar-refractivity contribution in [1.29, 1.82) is 0 Å². The normalized spacial score (nSPS) is 11.1. The molecule has 88 valence electrons. The molecule has 5 nitrogen and oxygen atoms in total. The minimum Gasteiger partial charge on any atom is -0.399 e. The third-order valence-corrected chi connectivity index (χ3v) is 3.28. The van der Waals surface area contributed by atoms with Gasteiger partial charge >= 0.3 is 0 Å². The van der Waals surface area contributed by atoms with Gasteiger partial charge in [0.1, 0.15) is 0 Å². The number of rotatable bonds is 4. The van der Waals surface area contributed by atoms with Gasteiger partial charge in [-0.05, 0) is 24.1 Å². The van der Waals surface area contributed by atoms with Crippen LogP contribution in [-0.4, -0.2) is 20.1 Å². The Balaban J connectivity index is 2.58. The summed E-state index contributed by atoms with van der Waals surface area (Å²) in [6.45, 7) is 1.17. The number of carbonyl (C=O) groups is 1. The summed E-state index contributed by atoms with van der Waals surface area (Å²) in [5, 5.41) is 0. The molecule has 0 unspecified atom stereocenters. The molecule has 1 rings (SSSR count). The van der Waals surface area contributed by atoms with E-state index in [2.05, 4.69) is 0 Å². The summed E-state index contributed by atoms with van der Waals surface area (Å²) in [6, 6.07) is 6.94. The number of nitrogens with one attached hydrogen (secondary N) is 1. The predicted octanol–water partition coefficient (Wildman–Crippen LogP) is 0.277. The van der Waals surface area contributed by atoms with Crippen LogP contribution in [0, 0.1) is 0 Å². The van der Waals surface area contributed by atoms with Gasteiger partial charge in [-0.15, -0.1) is 0 Å². The van der Waals surface area contributed by atoms with Crippen LogP contribution in [0.3, 0.4) is 0 Å². The van der Waals surface area contributed by atoms with Gasteiger partial charge in [0.2, 0.25) is 15.9 Å². The number of anilines is 1. The van der Waals surface area contributed by atoms with Crippen molar-refractivity contribution in [2.24, 2.45) is 0 Å². The van der Waals surface area contributed by atoms with E-state index in [1.54, 1.807) is 24.3 Å². The van der Waals surface area contributed by atoms with Crippen molar-refractivity contribution in [1.82, 2.24) is 4.72 Å². The molecule has 0 spiro atoms. The number of nitrogens with two attached hydrogens (primary N) is 1. The van der Waals surface area contributed by atoms with Gasteiger partial charge in [0.15, 0.2) is 0 Å². The van der Waals surface area contributed by atoms with Gasteiger partial charge in [-0.25, -0.2) is 8.42 Å². The molecule has 0 aliphatic rings. The quantitative estimate of drug-likeness (QED) is 0.742. The maximum Gasteiger partial charge on any atom is 0.235 e. The summed E-state index contributed by atoms with van der Waals surface area (Å²) in [7, 11) is -3.52. The zero-order valence-electron chi connectivity index (χ0n) is 8.93. The van der Waals surface area contributed by atoms with Gasteiger partial charge in [-0.3, -0.25) is 9.52 Å². The van der Waals surface area contributed by atoms with Crippen molar-refractivity contribution in [2.45, 2.75) is 13.3 Å². The summed E-state index contributed by atoms with van der Waals surface area (Å²) in [4.78, 5) is 10.6. The number of sulfonamides is 1. The Morgan fingerprint density at radius 1 is 1.31 bits per heavy atom. The maximum atomic E-state index is 11.3. The van der Waals surface area contributed by atoms with Crippen molar-refractivity contribution < 1.29 is 13.2 Å². The lowest BCUT2D eigenvalue weighted by Gasteiger charge is -2.04. The molecule has 0 aliphatic carbocycles. The monoisotopic (exact) mass is 242 g/mol. The zero-order chi connectivity index (χ0) is 12.2. The van der Waals surface area contributed by atoms with Crippen LogP contribution in [0.15, 0.2) is 24.3 Å². The molecule has 0 radical (unpaired) electrons. The van der Waals surface area contributed by atoms with Crippen molar-refractivity contribution in [3.8, 4) is 0 Å². The number of hydrogen-bond donors (Lipinski definition) is 2. The highest BCUT2D eigenvalue weighted by atomic mass is 32.2. The Bertz CT molecular complexity index is 465. The fraction of sp³-hybridized carbons (Fsp3) is 0.300. The van der Waals surface area contributed by atoms with Gasteiger partial charge in [-0.1, -0.05) is 12.1 Å². The predicted molar refractivity (Wildman–Crippen MR) is 62.2 cm³/mol. The maximum absolute atomic E-state index is 11.3. The van der Waals surface area contributed by atoms with E-state index >= 15 is 0 Å². The van der Waals surface area contributed by atoms with E-state index in [4.69, 9.17) is 5.73 Å². The highest BCUT2D eigenvalue weighted by Crippen LogP contribution is 2.06. The molecular formula is C10H14N2O3S. The van der Waals surface area contributed by atoms with Gasteiger partial charge in [0.05, 0.1) is 5.75 Å². The van der Waals surface area contributed by atoms with E-state index in [9.17, 15) is 13.2 Å². The summed E-state index contributed by atoms with van der Waals surface area (Å²) in [5.74, 6) is -0.687. The minimum atomic E-state index is -3.52. The minimum absolute atomic E-state index is 0.115. The second-order valence-electron chi connectivity index (χ2n) is 3.47. The van der Waals surface area contributed by atoms with Crippen LogP contribution >= 0.6 is 0 Å². The SMILES string of the molecule is CC(=O)NS(=O)(=O)CCc1ccc(N)cc1. The molecule has 16 heavy (non-hydrogen) atoms. The number of carbonyl (C=O) groups excluding carboxylic acids is 1. The first-order valence-corrected chi connectivity index (χ1v) is 6.40. The summed E-state index contributed by atoms with van der Waals surface area (Å²) < 4.78 is 24.6. The Labute approximate surface area is 94.7 Å². The van der Waals surface area contributed by atoms with E-state index in [0.29, 0.717) is 12.1 Å². The lowest BCUT2D eigenvalue weighted by atomic mass is 10.2. The summed E-state index contributed by atoms with van der Waals surface area (Å²) in [6.07, 6.45) is 0.350. The van der Waals surface area contributed by atoms with Crippen LogP contribution in [0.4, 0.5) is 5.69 Å². The van der Waals surface area contributed by atoms with Crippen LogP contribution in [0.1, 0.15) is 12.5 Å². The number of benzene rings is 1. The average molecular weight is 242 g/mol. The molecule has 0 saturated carbocycles. The molecule has 0 bridgehead atoms. The van der Waals surface area contributed by atoms with Crippen molar-refractivity contribution >= 4 is 21.6 Å². The fourth-order valence-corrected chi connectivity index (χ4v) is 2.25. The van der Waals surface area contributed by atoms with Crippen molar-refractivity contribution in [3.63, 3.8) is 0 Å². The molecule has 1 aromatic carbocycles. The molecule has 0 heterocycles. The van der Waals surface area contributed by atoms with Crippen LogP contribution in [0.5, 0.6) is 0 Å². The molecule has 0 aromatic heterocycles. The van der Waals surface area contributed by atoms with Crippen LogP contribution in [0.2, 0.25) is 0 Å². The van der Waals surface area contributed by atoms with Gasteiger partial charge in [-0.2, -0.15) is 0 Å². The Kier molecular flexibility index (Phi) is 3.89.